The summed E-state index contributed by atoms with van der Waals surface area (Å²) in [6, 6.07) is 12.7. The average molecular weight is 400 g/mol. The van der Waals surface area contributed by atoms with Crippen LogP contribution in [0.15, 0.2) is 36.4 Å². The van der Waals surface area contributed by atoms with Gasteiger partial charge in [0, 0.05) is 21.8 Å². The minimum atomic E-state index is -0.0114. The number of hydrogen-bond donors (Lipinski definition) is 2. The van der Waals surface area contributed by atoms with Gasteiger partial charge in [-0.2, -0.15) is 10.2 Å². The molecule has 0 spiro atoms. The molecular formula is C25H29N5. The lowest BCUT2D eigenvalue weighted by atomic mass is 9.76. The van der Waals surface area contributed by atoms with Crippen molar-refractivity contribution in [2.45, 2.75) is 64.7 Å². The molecule has 154 valence electrons. The first-order chi connectivity index (χ1) is 14.2. The number of pyridine rings is 1. The lowest BCUT2D eigenvalue weighted by Crippen LogP contribution is -2.23. The summed E-state index contributed by atoms with van der Waals surface area (Å²) in [6.45, 7) is 11.1. The van der Waals surface area contributed by atoms with E-state index in [9.17, 15) is 0 Å². The van der Waals surface area contributed by atoms with Crippen LogP contribution < -0.4 is 0 Å². The number of aromatic nitrogens is 5. The Balaban J connectivity index is 1.72. The number of aromatic amines is 2. The maximum Gasteiger partial charge on any atom is 0.0969 e. The third kappa shape index (κ3) is 3.04. The standard InChI is InChI=1S/C25H29N5/c1-24(2,3)20-14-19(27-28-20)18-13-15-9-6-7-10-16(15)21(26-18)22-17-11-8-12-25(4,5)23(17)30-29-22/h6-7,9-10,13-14H,8,11-12H2,1-5H3,(H,27,28)(H,29,30). The van der Waals surface area contributed by atoms with E-state index in [0.29, 0.717) is 0 Å². The lowest BCUT2D eigenvalue weighted by Gasteiger charge is -2.28. The van der Waals surface area contributed by atoms with Crippen LogP contribution in [0.4, 0.5) is 0 Å². The Labute approximate surface area is 177 Å². The van der Waals surface area contributed by atoms with Crippen LogP contribution in [0.2, 0.25) is 0 Å². The second kappa shape index (κ2) is 6.53. The third-order valence-electron chi connectivity index (χ3n) is 6.34. The molecule has 5 heteroatoms. The molecule has 1 aliphatic carbocycles. The number of H-pyrrole nitrogens is 2. The molecule has 4 aromatic rings. The summed E-state index contributed by atoms with van der Waals surface area (Å²) in [5.41, 5.74) is 7.52. The van der Waals surface area contributed by atoms with Crippen LogP contribution in [-0.4, -0.2) is 25.4 Å². The number of rotatable bonds is 2. The minimum Gasteiger partial charge on any atom is -0.276 e. The summed E-state index contributed by atoms with van der Waals surface area (Å²) < 4.78 is 0. The van der Waals surface area contributed by atoms with Gasteiger partial charge in [0.25, 0.3) is 0 Å². The van der Waals surface area contributed by atoms with Gasteiger partial charge in [0.05, 0.1) is 34.2 Å². The number of benzene rings is 1. The molecule has 0 unspecified atom stereocenters. The largest absolute Gasteiger partial charge is 0.276 e. The highest BCUT2D eigenvalue weighted by Gasteiger charge is 2.33. The van der Waals surface area contributed by atoms with Gasteiger partial charge >= 0.3 is 0 Å². The van der Waals surface area contributed by atoms with Crippen LogP contribution in [-0.2, 0) is 17.3 Å². The van der Waals surface area contributed by atoms with E-state index in [2.05, 4.69) is 86.3 Å². The molecular weight excluding hydrogens is 370 g/mol. The van der Waals surface area contributed by atoms with Crippen LogP contribution in [0.1, 0.15) is 64.4 Å². The van der Waals surface area contributed by atoms with Gasteiger partial charge in [-0.3, -0.25) is 10.2 Å². The predicted molar refractivity (Wildman–Crippen MR) is 122 cm³/mol. The molecule has 0 saturated carbocycles. The molecule has 2 N–H and O–H groups in total. The molecule has 0 fully saturated rings. The molecule has 5 nitrogen and oxygen atoms in total. The van der Waals surface area contributed by atoms with Crippen molar-refractivity contribution in [3.8, 4) is 22.8 Å². The molecule has 5 rings (SSSR count). The molecule has 3 aromatic heterocycles. The van der Waals surface area contributed by atoms with Crippen molar-refractivity contribution < 1.29 is 0 Å². The summed E-state index contributed by atoms with van der Waals surface area (Å²) in [5.74, 6) is 0. The summed E-state index contributed by atoms with van der Waals surface area (Å²) in [4.78, 5) is 5.12. The van der Waals surface area contributed by atoms with E-state index in [1.807, 2.05) is 0 Å². The van der Waals surface area contributed by atoms with Gasteiger partial charge in [-0.15, -0.1) is 0 Å². The van der Waals surface area contributed by atoms with Crippen molar-refractivity contribution in [1.82, 2.24) is 25.4 Å². The van der Waals surface area contributed by atoms with Gasteiger partial charge in [0.1, 0.15) is 0 Å². The van der Waals surface area contributed by atoms with Crippen molar-refractivity contribution in [2.24, 2.45) is 0 Å². The predicted octanol–water partition coefficient (Wildman–Crippen LogP) is 5.93. The van der Waals surface area contributed by atoms with Crippen molar-refractivity contribution in [2.75, 3.05) is 0 Å². The van der Waals surface area contributed by atoms with Crippen LogP contribution in [0.5, 0.6) is 0 Å². The Hall–Kier alpha value is -2.95. The van der Waals surface area contributed by atoms with Gasteiger partial charge in [0.15, 0.2) is 0 Å². The number of nitrogens with zero attached hydrogens (tertiary/aromatic N) is 3. The topological polar surface area (TPSA) is 70.2 Å². The fourth-order valence-corrected chi connectivity index (χ4v) is 4.55. The number of fused-ring (bicyclic) bond motifs is 2. The van der Waals surface area contributed by atoms with Crippen LogP contribution >= 0.6 is 0 Å². The first-order valence-corrected chi connectivity index (χ1v) is 10.8. The van der Waals surface area contributed by atoms with Gasteiger partial charge in [0.2, 0.25) is 0 Å². The minimum absolute atomic E-state index is 0.0114. The molecule has 0 bridgehead atoms. The van der Waals surface area contributed by atoms with E-state index >= 15 is 0 Å². The average Bonchev–Trinajstić information content (AvgIpc) is 3.35. The summed E-state index contributed by atoms with van der Waals surface area (Å²) in [6.07, 6.45) is 3.39. The van der Waals surface area contributed by atoms with Crippen molar-refractivity contribution in [3.05, 3.63) is 53.3 Å². The highest BCUT2D eigenvalue weighted by molar-refractivity contribution is 5.96. The normalized spacial score (nSPS) is 16.0. The molecule has 0 atom stereocenters. The van der Waals surface area contributed by atoms with E-state index in [-0.39, 0.29) is 10.8 Å². The quantitative estimate of drug-likeness (QED) is 0.439. The van der Waals surface area contributed by atoms with E-state index < -0.39 is 0 Å². The lowest BCUT2D eigenvalue weighted by molar-refractivity contribution is 0.420. The van der Waals surface area contributed by atoms with Crippen molar-refractivity contribution in [3.63, 3.8) is 0 Å². The van der Waals surface area contributed by atoms with Crippen LogP contribution in [0.25, 0.3) is 33.5 Å². The van der Waals surface area contributed by atoms with Gasteiger partial charge in [-0.1, -0.05) is 58.9 Å². The molecule has 1 aromatic carbocycles. The Morgan fingerprint density at radius 3 is 2.57 bits per heavy atom. The molecule has 3 heterocycles. The fraction of sp³-hybridized carbons (Fsp3) is 0.400. The van der Waals surface area contributed by atoms with E-state index in [1.165, 1.54) is 29.5 Å². The molecule has 0 aliphatic heterocycles. The smallest absolute Gasteiger partial charge is 0.0969 e. The summed E-state index contributed by atoms with van der Waals surface area (Å²) in [5, 5.41) is 18.2. The zero-order chi connectivity index (χ0) is 21.1. The van der Waals surface area contributed by atoms with Gasteiger partial charge in [-0.05, 0) is 36.8 Å². The first-order valence-electron chi connectivity index (χ1n) is 10.8. The van der Waals surface area contributed by atoms with E-state index in [4.69, 9.17) is 10.1 Å². The van der Waals surface area contributed by atoms with Crippen molar-refractivity contribution in [1.29, 1.82) is 0 Å². The molecule has 0 saturated heterocycles. The van der Waals surface area contributed by atoms with Crippen LogP contribution in [0.3, 0.4) is 0 Å². The number of nitrogens with one attached hydrogen (secondary N) is 2. The highest BCUT2D eigenvalue weighted by Crippen LogP contribution is 2.41. The summed E-state index contributed by atoms with van der Waals surface area (Å²) in [7, 11) is 0. The Kier molecular flexibility index (Phi) is 4.14. The Morgan fingerprint density at radius 1 is 1.00 bits per heavy atom. The van der Waals surface area contributed by atoms with Gasteiger partial charge < -0.3 is 0 Å². The highest BCUT2D eigenvalue weighted by atomic mass is 15.1. The monoisotopic (exact) mass is 399 g/mol. The van der Waals surface area contributed by atoms with Gasteiger partial charge in [-0.25, -0.2) is 4.98 Å². The second-order valence-electron chi connectivity index (χ2n) is 10.2. The third-order valence-corrected chi connectivity index (χ3v) is 6.34. The molecule has 1 aliphatic rings. The van der Waals surface area contributed by atoms with E-state index in [1.54, 1.807) is 0 Å². The Bertz CT molecular complexity index is 1240. The molecule has 0 amide bonds. The maximum absolute atomic E-state index is 5.12. The SMILES string of the molecule is CC(C)(C)c1cc(-c2cc3ccccc3c(-c3[nH]nc4c3CCCC4(C)C)n2)[nH]n1. The zero-order valence-electron chi connectivity index (χ0n) is 18.4. The van der Waals surface area contributed by atoms with E-state index in [0.717, 1.165) is 40.3 Å². The van der Waals surface area contributed by atoms with Crippen LogP contribution in [0, 0.1) is 0 Å². The maximum atomic E-state index is 5.12. The number of hydrogen-bond acceptors (Lipinski definition) is 3. The Morgan fingerprint density at radius 2 is 1.80 bits per heavy atom. The molecule has 30 heavy (non-hydrogen) atoms. The zero-order valence-corrected chi connectivity index (χ0v) is 18.4. The summed E-state index contributed by atoms with van der Waals surface area (Å²) >= 11 is 0. The first kappa shape index (κ1) is 19.0. The molecule has 0 radical (unpaired) electrons. The second-order valence-corrected chi connectivity index (χ2v) is 10.2. The fourth-order valence-electron chi connectivity index (χ4n) is 4.55. The van der Waals surface area contributed by atoms with Crippen molar-refractivity contribution >= 4 is 10.8 Å².